The number of nitrogens with one attached hydrogen (secondary N) is 1. The zero-order chi connectivity index (χ0) is 16.2. The molecule has 2 atom stereocenters. The van der Waals surface area contributed by atoms with Gasteiger partial charge in [-0.25, -0.2) is 4.39 Å². The third-order valence-corrected chi connectivity index (χ3v) is 3.25. The monoisotopic (exact) mass is 299 g/mol. The fourth-order valence-electron chi connectivity index (χ4n) is 1.90. The molecule has 1 rings (SSSR count). The first kappa shape index (κ1) is 16.8. The molecular weight excluding hydrogens is 281 g/mol. The van der Waals surface area contributed by atoms with Crippen molar-refractivity contribution < 1.29 is 18.8 Å². The molecule has 0 aliphatic carbocycles. The number of nitro benzene ring substituents is 1. The minimum absolute atomic E-state index is 0.129. The molecule has 0 aliphatic heterocycles. The minimum Gasteiger partial charge on any atom is -0.482 e. The number of ether oxygens (including phenoxy) is 1. The van der Waals surface area contributed by atoms with E-state index in [-0.39, 0.29) is 6.42 Å². The van der Waals surface area contributed by atoms with Gasteiger partial charge in [0.25, 0.3) is 0 Å². The zero-order valence-electron chi connectivity index (χ0n) is 12.1. The number of primary amides is 1. The second kappa shape index (κ2) is 6.49. The van der Waals surface area contributed by atoms with E-state index >= 15 is 0 Å². The van der Waals surface area contributed by atoms with Gasteiger partial charge >= 0.3 is 5.69 Å². The number of likely N-dealkylation sites (N-methyl/N-ethyl adjacent to an activating group) is 1. The maximum absolute atomic E-state index is 13.7. The summed E-state index contributed by atoms with van der Waals surface area (Å²) in [6.45, 7) is 3.15. The predicted molar refractivity (Wildman–Crippen MR) is 74.4 cm³/mol. The topological polar surface area (TPSA) is 107 Å². The van der Waals surface area contributed by atoms with Crippen molar-refractivity contribution in [3.8, 4) is 5.75 Å². The van der Waals surface area contributed by atoms with E-state index in [4.69, 9.17) is 10.5 Å². The molecular formula is C13H18FN3O4. The zero-order valence-corrected chi connectivity index (χ0v) is 12.1. The lowest BCUT2D eigenvalue weighted by molar-refractivity contribution is -0.386. The quantitative estimate of drug-likeness (QED) is 0.583. The molecule has 0 spiro atoms. The average molecular weight is 299 g/mol. The second-order valence-electron chi connectivity index (χ2n) is 4.92. The molecule has 0 radical (unpaired) electrons. The van der Waals surface area contributed by atoms with E-state index < -0.39 is 39.7 Å². The van der Waals surface area contributed by atoms with Crippen LogP contribution in [-0.2, 0) is 4.79 Å². The van der Waals surface area contributed by atoms with Gasteiger partial charge in [0.1, 0.15) is 0 Å². The van der Waals surface area contributed by atoms with Crippen LogP contribution in [0.2, 0.25) is 0 Å². The highest BCUT2D eigenvalue weighted by Crippen LogP contribution is 2.31. The normalized spacial score (nSPS) is 15.0. The van der Waals surface area contributed by atoms with Gasteiger partial charge in [0, 0.05) is 12.5 Å². The van der Waals surface area contributed by atoms with E-state index in [0.717, 1.165) is 12.1 Å². The van der Waals surface area contributed by atoms with Crippen LogP contribution < -0.4 is 15.8 Å². The van der Waals surface area contributed by atoms with Crippen molar-refractivity contribution in [2.75, 3.05) is 7.05 Å². The van der Waals surface area contributed by atoms with Crippen molar-refractivity contribution in [2.24, 2.45) is 5.73 Å². The summed E-state index contributed by atoms with van der Waals surface area (Å²) in [7, 11) is 1.56. The Morgan fingerprint density at radius 2 is 2.24 bits per heavy atom. The Labute approximate surface area is 121 Å². The van der Waals surface area contributed by atoms with Crippen LogP contribution in [0.25, 0.3) is 0 Å². The molecule has 0 saturated carbocycles. The number of halogens is 1. The van der Waals surface area contributed by atoms with Gasteiger partial charge in [0.15, 0.2) is 5.82 Å². The van der Waals surface area contributed by atoms with Gasteiger partial charge in [-0.2, -0.15) is 0 Å². The molecule has 3 N–H and O–H groups in total. The molecule has 7 nitrogen and oxygen atoms in total. The largest absolute Gasteiger partial charge is 0.482 e. The Morgan fingerprint density at radius 1 is 1.62 bits per heavy atom. The van der Waals surface area contributed by atoms with Crippen LogP contribution in [0.4, 0.5) is 10.1 Å². The Kier molecular flexibility index (Phi) is 5.20. The molecule has 21 heavy (non-hydrogen) atoms. The molecule has 0 aliphatic rings. The highest BCUT2D eigenvalue weighted by atomic mass is 19.1. The van der Waals surface area contributed by atoms with Crippen molar-refractivity contribution in [1.29, 1.82) is 0 Å². The van der Waals surface area contributed by atoms with Gasteiger partial charge in [-0.3, -0.25) is 14.9 Å². The van der Waals surface area contributed by atoms with Gasteiger partial charge in [0.05, 0.1) is 16.6 Å². The first-order valence-electron chi connectivity index (χ1n) is 6.29. The fourth-order valence-corrected chi connectivity index (χ4v) is 1.90. The summed E-state index contributed by atoms with van der Waals surface area (Å²) in [6, 6.07) is 3.45. The van der Waals surface area contributed by atoms with E-state index in [1.54, 1.807) is 20.9 Å². The number of hydrogen-bond acceptors (Lipinski definition) is 5. The van der Waals surface area contributed by atoms with Crippen LogP contribution in [0.1, 0.15) is 20.3 Å². The standard InChI is InChI=1S/C13H18FN3O4/c1-8(7-13(2,16-3)12(15)18)21-11-9(14)5-4-6-10(11)17(19)20/h4-6,8,16H,7H2,1-3H3,(H2,15,18). The Bertz CT molecular complexity index is 552. The smallest absolute Gasteiger partial charge is 0.314 e. The van der Waals surface area contributed by atoms with E-state index in [9.17, 15) is 19.3 Å². The summed E-state index contributed by atoms with van der Waals surface area (Å²) in [4.78, 5) is 21.6. The van der Waals surface area contributed by atoms with Crippen LogP contribution >= 0.6 is 0 Å². The molecule has 0 bridgehead atoms. The first-order valence-corrected chi connectivity index (χ1v) is 6.29. The Hall–Kier alpha value is -2.22. The van der Waals surface area contributed by atoms with Gasteiger partial charge < -0.3 is 15.8 Å². The highest BCUT2D eigenvalue weighted by Gasteiger charge is 2.33. The molecule has 0 heterocycles. The van der Waals surface area contributed by atoms with Gasteiger partial charge in [0.2, 0.25) is 11.7 Å². The van der Waals surface area contributed by atoms with Crippen LogP contribution in [0, 0.1) is 15.9 Å². The molecule has 2 unspecified atom stereocenters. The number of benzene rings is 1. The van der Waals surface area contributed by atoms with E-state index in [2.05, 4.69) is 5.32 Å². The van der Waals surface area contributed by atoms with E-state index in [0.29, 0.717) is 0 Å². The number of hydrogen-bond donors (Lipinski definition) is 2. The van der Waals surface area contributed by atoms with Gasteiger partial charge in [-0.15, -0.1) is 0 Å². The maximum Gasteiger partial charge on any atom is 0.314 e. The van der Waals surface area contributed by atoms with E-state index in [1.807, 2.05) is 0 Å². The van der Waals surface area contributed by atoms with Crippen LogP contribution in [-0.4, -0.2) is 29.5 Å². The molecule has 0 aromatic heterocycles. The van der Waals surface area contributed by atoms with Crippen molar-refractivity contribution in [1.82, 2.24) is 5.32 Å². The molecule has 0 fully saturated rings. The lowest BCUT2D eigenvalue weighted by atomic mass is 9.94. The fraction of sp³-hybridized carbons (Fsp3) is 0.462. The third kappa shape index (κ3) is 3.88. The number of nitrogens with zero attached hydrogens (tertiary/aromatic N) is 1. The number of carbonyl (C=O) groups excluding carboxylic acids is 1. The summed E-state index contributed by atoms with van der Waals surface area (Å²) in [6.07, 6.45) is -0.532. The average Bonchev–Trinajstić information content (AvgIpc) is 2.40. The lowest BCUT2D eigenvalue weighted by Gasteiger charge is -2.28. The van der Waals surface area contributed by atoms with Crippen molar-refractivity contribution in [2.45, 2.75) is 31.9 Å². The summed E-state index contributed by atoms with van der Waals surface area (Å²) < 4.78 is 19.0. The summed E-state index contributed by atoms with van der Waals surface area (Å²) >= 11 is 0. The Morgan fingerprint density at radius 3 is 2.71 bits per heavy atom. The molecule has 116 valence electrons. The first-order chi connectivity index (χ1) is 9.71. The molecule has 8 heteroatoms. The number of nitrogens with two attached hydrogens (primary N) is 1. The maximum atomic E-state index is 13.7. The molecule has 0 saturated heterocycles. The van der Waals surface area contributed by atoms with Crippen LogP contribution in [0.3, 0.4) is 0 Å². The summed E-state index contributed by atoms with van der Waals surface area (Å²) in [5.74, 6) is -1.87. The van der Waals surface area contributed by atoms with E-state index in [1.165, 1.54) is 6.07 Å². The lowest BCUT2D eigenvalue weighted by Crippen LogP contribution is -2.53. The number of carbonyl (C=O) groups is 1. The van der Waals surface area contributed by atoms with Crippen LogP contribution in [0.5, 0.6) is 5.75 Å². The number of rotatable bonds is 7. The number of nitro groups is 1. The van der Waals surface area contributed by atoms with Crippen molar-refractivity contribution in [3.05, 3.63) is 34.1 Å². The second-order valence-corrected chi connectivity index (χ2v) is 4.92. The SMILES string of the molecule is CNC(C)(CC(C)Oc1c(F)cccc1[N+](=O)[O-])C(N)=O. The van der Waals surface area contributed by atoms with Crippen LogP contribution in [0.15, 0.2) is 18.2 Å². The minimum atomic E-state index is -1.06. The highest BCUT2D eigenvalue weighted by molar-refractivity contribution is 5.84. The summed E-state index contributed by atoms with van der Waals surface area (Å²) in [5, 5.41) is 13.6. The number of para-hydroxylation sites is 1. The third-order valence-electron chi connectivity index (χ3n) is 3.25. The summed E-state index contributed by atoms with van der Waals surface area (Å²) in [5.41, 5.74) is 3.77. The molecule has 1 amide bonds. The van der Waals surface area contributed by atoms with Gasteiger partial charge in [-0.1, -0.05) is 6.07 Å². The predicted octanol–water partition coefficient (Wildman–Crippen LogP) is 1.35. The molecule has 1 aromatic carbocycles. The molecule has 1 aromatic rings. The Balaban J connectivity index is 2.96. The number of amides is 1. The van der Waals surface area contributed by atoms with Crippen molar-refractivity contribution in [3.63, 3.8) is 0 Å². The van der Waals surface area contributed by atoms with Gasteiger partial charge in [-0.05, 0) is 27.0 Å². The van der Waals surface area contributed by atoms with Crippen molar-refractivity contribution >= 4 is 11.6 Å².